The van der Waals surface area contributed by atoms with Crippen LogP contribution in [0.1, 0.15) is 19.3 Å². The normalized spacial score (nSPS) is 31.7. The summed E-state index contributed by atoms with van der Waals surface area (Å²) in [5.41, 5.74) is 5.68. The molecule has 0 aromatic heterocycles. The molecule has 1 aliphatic carbocycles. The van der Waals surface area contributed by atoms with Gasteiger partial charge in [0.1, 0.15) is 0 Å². The highest BCUT2D eigenvalue weighted by atomic mass is 19.4. The Morgan fingerprint density at radius 3 is 2.44 bits per heavy atom. The van der Waals surface area contributed by atoms with E-state index in [1.807, 2.05) is 0 Å². The maximum atomic E-state index is 12.4. The lowest BCUT2D eigenvalue weighted by Crippen LogP contribution is -2.45. The van der Waals surface area contributed by atoms with E-state index in [1.165, 1.54) is 0 Å². The highest BCUT2D eigenvalue weighted by molar-refractivity contribution is 4.86. The molecule has 1 aliphatic rings. The summed E-state index contributed by atoms with van der Waals surface area (Å²) in [5.74, 6) is -1.27. The molecule has 1 saturated carbocycles. The second-order valence-electron chi connectivity index (χ2n) is 4.12. The monoisotopic (exact) mass is 241 g/mol. The summed E-state index contributed by atoms with van der Waals surface area (Å²) in [6.45, 7) is 0.817. The fraction of sp³-hybridized carbons (Fsp3) is 1.00. The first-order chi connectivity index (χ1) is 7.45. The molecule has 0 saturated heterocycles. The minimum atomic E-state index is -4.13. The number of hydrogen-bond acceptors (Lipinski definition) is 3. The van der Waals surface area contributed by atoms with Gasteiger partial charge in [0.25, 0.3) is 0 Å². The van der Waals surface area contributed by atoms with Crippen LogP contribution in [0.4, 0.5) is 13.2 Å². The molecule has 0 bridgehead atoms. The van der Waals surface area contributed by atoms with Crippen molar-refractivity contribution in [2.45, 2.75) is 37.6 Å². The smallest absolute Gasteiger partial charge is 0.382 e. The summed E-state index contributed by atoms with van der Waals surface area (Å²) in [7, 11) is 1.55. The molecule has 0 heterocycles. The van der Waals surface area contributed by atoms with Crippen LogP contribution in [0.15, 0.2) is 0 Å². The summed E-state index contributed by atoms with van der Waals surface area (Å²) in [4.78, 5) is 0. The lowest BCUT2D eigenvalue weighted by Gasteiger charge is -2.34. The Bertz CT molecular complexity index is 211. The lowest BCUT2D eigenvalue weighted by atomic mass is 9.84. The van der Waals surface area contributed by atoms with E-state index in [0.717, 1.165) is 0 Å². The fourth-order valence-corrected chi connectivity index (χ4v) is 1.96. The summed E-state index contributed by atoms with van der Waals surface area (Å²) in [6.07, 6.45) is -3.96. The maximum Gasteiger partial charge on any atom is 0.391 e. The number of halogens is 3. The van der Waals surface area contributed by atoms with E-state index >= 15 is 0 Å². The van der Waals surface area contributed by atoms with Gasteiger partial charge in [-0.25, -0.2) is 0 Å². The van der Waals surface area contributed by atoms with Gasteiger partial charge in [-0.15, -0.1) is 0 Å². The molecule has 0 aromatic rings. The molecule has 1 fully saturated rings. The molecular formula is C10H18F3NO2. The van der Waals surface area contributed by atoms with E-state index in [2.05, 4.69) is 0 Å². The number of methoxy groups -OCH3 is 1. The van der Waals surface area contributed by atoms with Crippen molar-refractivity contribution < 1.29 is 22.6 Å². The average molecular weight is 241 g/mol. The highest BCUT2D eigenvalue weighted by Crippen LogP contribution is 2.37. The first-order valence-electron chi connectivity index (χ1n) is 5.38. The lowest BCUT2D eigenvalue weighted by molar-refractivity contribution is -0.190. The van der Waals surface area contributed by atoms with Crippen LogP contribution in [-0.4, -0.2) is 38.6 Å². The first-order valence-corrected chi connectivity index (χ1v) is 5.38. The van der Waals surface area contributed by atoms with Gasteiger partial charge < -0.3 is 15.2 Å². The van der Waals surface area contributed by atoms with Gasteiger partial charge in [0.05, 0.1) is 25.2 Å². The summed E-state index contributed by atoms with van der Waals surface area (Å²) >= 11 is 0. The second kappa shape index (κ2) is 5.84. The van der Waals surface area contributed by atoms with E-state index in [1.54, 1.807) is 7.11 Å². The first kappa shape index (κ1) is 13.7. The summed E-state index contributed by atoms with van der Waals surface area (Å²) in [5, 5.41) is 0. The predicted molar refractivity (Wildman–Crippen MR) is 53.0 cm³/mol. The van der Waals surface area contributed by atoms with Gasteiger partial charge in [-0.3, -0.25) is 0 Å². The molecule has 3 nitrogen and oxygen atoms in total. The molecule has 2 N–H and O–H groups in total. The molecule has 6 heteroatoms. The van der Waals surface area contributed by atoms with Crippen molar-refractivity contribution >= 4 is 0 Å². The molecule has 96 valence electrons. The van der Waals surface area contributed by atoms with Crippen molar-refractivity contribution in [2.75, 3.05) is 20.3 Å². The Morgan fingerprint density at radius 1 is 1.25 bits per heavy atom. The molecule has 0 spiro atoms. The van der Waals surface area contributed by atoms with Crippen LogP contribution >= 0.6 is 0 Å². The Morgan fingerprint density at radius 2 is 1.94 bits per heavy atom. The number of rotatable bonds is 4. The molecule has 1 rings (SSSR count). The Labute approximate surface area is 93.1 Å². The number of nitrogens with two attached hydrogens (primary N) is 1. The predicted octanol–water partition coefficient (Wildman–Crippen LogP) is 1.71. The Hall–Kier alpha value is -0.330. The number of hydrogen-bond donors (Lipinski definition) is 1. The van der Waals surface area contributed by atoms with Crippen molar-refractivity contribution in [3.8, 4) is 0 Å². The van der Waals surface area contributed by atoms with E-state index in [0.29, 0.717) is 19.6 Å². The van der Waals surface area contributed by atoms with E-state index in [4.69, 9.17) is 15.2 Å². The van der Waals surface area contributed by atoms with Crippen LogP contribution in [0, 0.1) is 5.92 Å². The highest BCUT2D eigenvalue weighted by Gasteiger charge is 2.44. The van der Waals surface area contributed by atoms with Crippen LogP contribution in [0.25, 0.3) is 0 Å². The van der Waals surface area contributed by atoms with Crippen molar-refractivity contribution in [3.63, 3.8) is 0 Å². The van der Waals surface area contributed by atoms with Crippen LogP contribution < -0.4 is 5.73 Å². The third-order valence-electron chi connectivity index (χ3n) is 2.92. The van der Waals surface area contributed by atoms with Crippen LogP contribution in [0.5, 0.6) is 0 Å². The van der Waals surface area contributed by atoms with E-state index < -0.39 is 18.1 Å². The van der Waals surface area contributed by atoms with Crippen molar-refractivity contribution in [2.24, 2.45) is 11.7 Å². The second-order valence-corrected chi connectivity index (χ2v) is 4.12. The third-order valence-corrected chi connectivity index (χ3v) is 2.92. The van der Waals surface area contributed by atoms with Crippen molar-refractivity contribution in [3.05, 3.63) is 0 Å². The summed E-state index contributed by atoms with van der Waals surface area (Å²) in [6, 6.07) is -0.530. The van der Waals surface area contributed by atoms with Gasteiger partial charge in [-0.05, 0) is 19.3 Å². The minimum absolute atomic E-state index is 0.0405. The number of alkyl halides is 3. The Balaban J connectivity index is 2.34. The molecule has 0 aliphatic heterocycles. The molecule has 0 unspecified atom stereocenters. The largest absolute Gasteiger partial charge is 0.391 e. The minimum Gasteiger partial charge on any atom is -0.382 e. The zero-order valence-corrected chi connectivity index (χ0v) is 9.30. The van der Waals surface area contributed by atoms with Gasteiger partial charge in [0.2, 0.25) is 0 Å². The summed E-state index contributed by atoms with van der Waals surface area (Å²) < 4.78 is 47.5. The van der Waals surface area contributed by atoms with Gasteiger partial charge >= 0.3 is 6.18 Å². The maximum absolute atomic E-state index is 12.4. The van der Waals surface area contributed by atoms with Crippen molar-refractivity contribution in [1.29, 1.82) is 0 Å². The zero-order chi connectivity index (χ0) is 12.2. The van der Waals surface area contributed by atoms with Gasteiger partial charge in [-0.1, -0.05) is 0 Å². The third kappa shape index (κ3) is 3.92. The van der Waals surface area contributed by atoms with Crippen LogP contribution in [0.2, 0.25) is 0 Å². The van der Waals surface area contributed by atoms with Gasteiger partial charge in [-0.2, -0.15) is 13.2 Å². The quantitative estimate of drug-likeness (QED) is 0.762. The molecule has 16 heavy (non-hydrogen) atoms. The van der Waals surface area contributed by atoms with E-state index in [-0.39, 0.29) is 18.9 Å². The molecule has 0 radical (unpaired) electrons. The molecule has 3 atom stereocenters. The SMILES string of the molecule is COCCO[C@@H]1CC[C@@H](C(F)(F)F)C[C@H]1N. The molecule has 0 aromatic carbocycles. The van der Waals surface area contributed by atoms with Gasteiger partial charge in [0.15, 0.2) is 0 Å². The fourth-order valence-electron chi connectivity index (χ4n) is 1.96. The van der Waals surface area contributed by atoms with Crippen LogP contribution in [0.3, 0.4) is 0 Å². The topological polar surface area (TPSA) is 44.5 Å². The standard InChI is InChI=1S/C10H18F3NO2/c1-15-4-5-16-9-3-2-7(6-8(9)14)10(11,12)13/h7-9H,2-6,14H2,1H3/t7-,8-,9-/m1/s1. The average Bonchev–Trinajstić information content (AvgIpc) is 2.19. The van der Waals surface area contributed by atoms with Crippen LogP contribution in [-0.2, 0) is 9.47 Å². The molecule has 0 amide bonds. The number of ether oxygens (including phenoxy) is 2. The van der Waals surface area contributed by atoms with Crippen molar-refractivity contribution in [1.82, 2.24) is 0 Å². The molecular weight excluding hydrogens is 223 g/mol. The van der Waals surface area contributed by atoms with E-state index in [9.17, 15) is 13.2 Å². The Kier molecular flexibility index (Phi) is 5.01. The zero-order valence-electron chi connectivity index (χ0n) is 9.30. The van der Waals surface area contributed by atoms with Gasteiger partial charge in [0, 0.05) is 13.2 Å².